The van der Waals surface area contributed by atoms with Gasteiger partial charge in [0.1, 0.15) is 0 Å². The molecule has 0 radical (unpaired) electrons. The summed E-state index contributed by atoms with van der Waals surface area (Å²) >= 11 is 1.89. The Kier molecular flexibility index (Phi) is 13.0. The van der Waals surface area contributed by atoms with Crippen LogP contribution in [0.5, 0.6) is 0 Å². The van der Waals surface area contributed by atoms with E-state index in [-0.39, 0.29) is 24.0 Å². The van der Waals surface area contributed by atoms with E-state index in [1.807, 2.05) is 18.8 Å². The lowest BCUT2D eigenvalue weighted by Gasteiger charge is -2.29. The molecule has 126 valence electrons. The Bertz CT molecular complexity index is 284. The van der Waals surface area contributed by atoms with Crippen molar-refractivity contribution in [3.63, 3.8) is 0 Å². The fourth-order valence-electron chi connectivity index (χ4n) is 2.87. The molecule has 2 N–H and O–H groups in total. The van der Waals surface area contributed by atoms with Gasteiger partial charge in [0.25, 0.3) is 0 Å². The van der Waals surface area contributed by atoms with Gasteiger partial charge in [-0.1, -0.05) is 12.8 Å². The maximum Gasteiger partial charge on any atom is 0.190 e. The van der Waals surface area contributed by atoms with E-state index < -0.39 is 0 Å². The van der Waals surface area contributed by atoms with Crippen LogP contribution in [0.1, 0.15) is 38.5 Å². The van der Waals surface area contributed by atoms with Crippen LogP contribution in [-0.4, -0.2) is 51.8 Å². The van der Waals surface area contributed by atoms with Crippen LogP contribution in [0.15, 0.2) is 4.99 Å². The molecule has 1 aliphatic rings. The van der Waals surface area contributed by atoms with Crippen molar-refractivity contribution in [3.8, 4) is 0 Å². The first kappa shape index (κ1) is 21.3. The Morgan fingerprint density at radius 2 is 2.00 bits per heavy atom. The van der Waals surface area contributed by atoms with E-state index in [4.69, 9.17) is 4.74 Å². The van der Waals surface area contributed by atoms with Gasteiger partial charge in [0.2, 0.25) is 0 Å². The van der Waals surface area contributed by atoms with E-state index >= 15 is 0 Å². The molecule has 0 bridgehead atoms. The lowest BCUT2D eigenvalue weighted by Crippen LogP contribution is -2.43. The first-order valence-corrected chi connectivity index (χ1v) is 9.08. The lowest BCUT2D eigenvalue weighted by atomic mass is 9.83. The summed E-state index contributed by atoms with van der Waals surface area (Å²) in [7, 11) is 3.64. The molecule has 0 amide bonds. The number of halogens is 1. The summed E-state index contributed by atoms with van der Waals surface area (Å²) in [5.41, 5.74) is 0.410. The molecule has 1 aliphatic carbocycles. The van der Waals surface area contributed by atoms with E-state index in [2.05, 4.69) is 21.9 Å². The number of aliphatic imine (C=N–C) groups is 1. The first-order chi connectivity index (χ1) is 9.76. The predicted molar refractivity (Wildman–Crippen MR) is 105 cm³/mol. The van der Waals surface area contributed by atoms with Crippen LogP contribution in [0.4, 0.5) is 0 Å². The molecular weight excluding hydrogens is 397 g/mol. The maximum absolute atomic E-state index is 5.28. The summed E-state index contributed by atoms with van der Waals surface area (Å²) in [6.07, 6.45) is 9.80. The fourth-order valence-corrected chi connectivity index (χ4v) is 3.31. The van der Waals surface area contributed by atoms with E-state index in [1.54, 1.807) is 7.11 Å². The Morgan fingerprint density at radius 1 is 1.29 bits per heavy atom. The van der Waals surface area contributed by atoms with Crippen molar-refractivity contribution >= 4 is 41.7 Å². The molecule has 1 saturated carbocycles. The topological polar surface area (TPSA) is 45.7 Å². The molecule has 0 unspecified atom stereocenters. The molecule has 1 rings (SSSR count). The van der Waals surface area contributed by atoms with Crippen molar-refractivity contribution in [2.24, 2.45) is 10.4 Å². The number of methoxy groups -OCH3 is 1. The van der Waals surface area contributed by atoms with Crippen molar-refractivity contribution in [1.29, 1.82) is 0 Å². The van der Waals surface area contributed by atoms with Crippen LogP contribution in [0.2, 0.25) is 0 Å². The Morgan fingerprint density at radius 3 is 2.57 bits per heavy atom. The van der Waals surface area contributed by atoms with E-state index in [1.165, 1.54) is 37.9 Å². The van der Waals surface area contributed by atoms with Crippen molar-refractivity contribution in [2.45, 2.75) is 38.5 Å². The van der Waals surface area contributed by atoms with Gasteiger partial charge in [-0.2, -0.15) is 11.8 Å². The predicted octanol–water partition coefficient (Wildman–Crippen LogP) is 3.12. The third-order valence-electron chi connectivity index (χ3n) is 4.17. The molecule has 0 aromatic carbocycles. The van der Waals surface area contributed by atoms with Gasteiger partial charge in [-0.25, -0.2) is 0 Å². The minimum atomic E-state index is 0. The molecule has 0 aromatic heterocycles. The first-order valence-electron chi connectivity index (χ1n) is 7.69. The quantitative estimate of drug-likeness (QED) is 0.256. The van der Waals surface area contributed by atoms with Crippen molar-refractivity contribution in [1.82, 2.24) is 10.6 Å². The molecule has 6 heteroatoms. The van der Waals surface area contributed by atoms with Crippen LogP contribution >= 0.6 is 35.7 Å². The van der Waals surface area contributed by atoms with Gasteiger partial charge in [0.15, 0.2) is 5.96 Å². The van der Waals surface area contributed by atoms with Crippen molar-refractivity contribution in [3.05, 3.63) is 0 Å². The third-order valence-corrected chi connectivity index (χ3v) is 4.87. The van der Waals surface area contributed by atoms with Crippen LogP contribution in [0.3, 0.4) is 0 Å². The minimum Gasteiger partial charge on any atom is -0.385 e. The van der Waals surface area contributed by atoms with Gasteiger partial charge in [-0.05, 0) is 43.1 Å². The molecule has 1 fully saturated rings. The smallest absolute Gasteiger partial charge is 0.190 e. The molecule has 0 aromatic rings. The summed E-state index contributed by atoms with van der Waals surface area (Å²) in [6.45, 7) is 2.87. The van der Waals surface area contributed by atoms with Crippen molar-refractivity contribution in [2.75, 3.05) is 45.9 Å². The number of thioether (sulfide) groups is 1. The van der Waals surface area contributed by atoms with Crippen LogP contribution < -0.4 is 10.6 Å². The highest BCUT2D eigenvalue weighted by molar-refractivity contribution is 14.0. The average molecular weight is 429 g/mol. The highest BCUT2D eigenvalue weighted by Crippen LogP contribution is 2.40. The highest BCUT2D eigenvalue weighted by Gasteiger charge is 2.33. The van der Waals surface area contributed by atoms with E-state index in [0.29, 0.717) is 5.41 Å². The lowest BCUT2D eigenvalue weighted by molar-refractivity contribution is 0.138. The summed E-state index contributed by atoms with van der Waals surface area (Å²) < 4.78 is 5.28. The molecule has 0 aliphatic heterocycles. The van der Waals surface area contributed by atoms with Gasteiger partial charge >= 0.3 is 0 Å². The minimum absolute atomic E-state index is 0. The number of hydrogen-bond donors (Lipinski definition) is 2. The second-order valence-electron chi connectivity index (χ2n) is 5.65. The fraction of sp³-hybridized carbons (Fsp3) is 0.933. The summed E-state index contributed by atoms with van der Waals surface area (Å²) in [5, 5.41) is 6.91. The molecule has 0 heterocycles. The van der Waals surface area contributed by atoms with Gasteiger partial charge in [0, 0.05) is 33.9 Å². The molecule has 0 spiro atoms. The standard InChI is InChI=1S/C15H31N3OS.HI/c1-16-14(17-10-6-12-20-3)18-13-15(9-11-19-2)7-4-5-8-15;/h4-13H2,1-3H3,(H2,16,17,18);1H. The normalized spacial score (nSPS) is 17.4. The number of guanidine groups is 1. The largest absolute Gasteiger partial charge is 0.385 e. The number of rotatable bonds is 9. The van der Waals surface area contributed by atoms with Crippen LogP contribution in [-0.2, 0) is 4.74 Å². The number of nitrogens with zero attached hydrogens (tertiary/aromatic N) is 1. The number of ether oxygens (including phenoxy) is 1. The molecule has 4 nitrogen and oxygen atoms in total. The summed E-state index contributed by atoms with van der Waals surface area (Å²) in [4.78, 5) is 4.31. The Hall–Kier alpha value is 0.310. The van der Waals surface area contributed by atoms with E-state index in [0.717, 1.165) is 32.1 Å². The third kappa shape index (κ3) is 8.50. The van der Waals surface area contributed by atoms with Gasteiger partial charge in [-0.15, -0.1) is 24.0 Å². The highest BCUT2D eigenvalue weighted by atomic mass is 127. The maximum atomic E-state index is 5.28. The molecule has 0 atom stereocenters. The molecule has 0 saturated heterocycles. The van der Waals surface area contributed by atoms with Crippen LogP contribution in [0, 0.1) is 5.41 Å². The van der Waals surface area contributed by atoms with Crippen LogP contribution in [0.25, 0.3) is 0 Å². The van der Waals surface area contributed by atoms with Gasteiger partial charge < -0.3 is 15.4 Å². The summed E-state index contributed by atoms with van der Waals surface area (Å²) in [5.74, 6) is 2.14. The van der Waals surface area contributed by atoms with Gasteiger partial charge in [-0.3, -0.25) is 4.99 Å². The average Bonchev–Trinajstić information content (AvgIpc) is 2.94. The zero-order valence-electron chi connectivity index (χ0n) is 13.7. The molecular formula is C15H32IN3OS. The second kappa shape index (κ2) is 12.8. The zero-order chi connectivity index (χ0) is 14.7. The monoisotopic (exact) mass is 429 g/mol. The number of nitrogens with one attached hydrogen (secondary N) is 2. The number of hydrogen-bond acceptors (Lipinski definition) is 3. The molecule has 21 heavy (non-hydrogen) atoms. The SMILES string of the molecule is CN=C(NCCCSC)NCC1(CCOC)CCCC1.I. The Labute approximate surface area is 151 Å². The zero-order valence-corrected chi connectivity index (χ0v) is 16.9. The second-order valence-corrected chi connectivity index (χ2v) is 6.63. The Balaban J connectivity index is 0.00000400. The van der Waals surface area contributed by atoms with E-state index in [9.17, 15) is 0 Å². The van der Waals surface area contributed by atoms with Crippen molar-refractivity contribution < 1.29 is 4.74 Å². The van der Waals surface area contributed by atoms with Gasteiger partial charge in [0.05, 0.1) is 0 Å². The summed E-state index contributed by atoms with van der Waals surface area (Å²) in [6, 6.07) is 0.